The molecule has 2 unspecified atom stereocenters. The van der Waals surface area contributed by atoms with Crippen molar-refractivity contribution in [3.05, 3.63) is 0 Å². The largest absolute Gasteiger partial charge is 0.291 e. The molecule has 1 heterocycles. The molecular weight excluding hydrogens is 176 g/mol. The lowest BCUT2D eigenvalue weighted by Crippen LogP contribution is -2.44. The number of rotatable bonds is 1. The molecule has 78 valence electrons. The zero-order valence-corrected chi connectivity index (χ0v) is 8.46. The molecule has 0 radical (unpaired) electrons. The fourth-order valence-corrected chi connectivity index (χ4v) is 3.66. The standard InChI is InChI=1S/C11H18N2O/c14-11-6-10(12-13-11)9-5-7-1-3-8(9)4-2-7/h7-10,12H,1-6H2,(H,13,14). The average molecular weight is 194 g/mol. The molecule has 0 aromatic heterocycles. The monoisotopic (exact) mass is 194 g/mol. The second-order valence-electron chi connectivity index (χ2n) is 5.18. The van der Waals surface area contributed by atoms with Gasteiger partial charge in [-0.15, -0.1) is 0 Å². The van der Waals surface area contributed by atoms with Crippen molar-refractivity contribution in [3.8, 4) is 0 Å². The van der Waals surface area contributed by atoms with E-state index < -0.39 is 0 Å². The molecule has 3 nitrogen and oxygen atoms in total. The summed E-state index contributed by atoms with van der Waals surface area (Å²) in [4.78, 5) is 11.1. The molecule has 3 aliphatic carbocycles. The van der Waals surface area contributed by atoms with Crippen LogP contribution in [0.1, 0.15) is 38.5 Å². The lowest BCUT2D eigenvalue weighted by molar-refractivity contribution is -0.119. The molecule has 4 aliphatic rings. The topological polar surface area (TPSA) is 41.1 Å². The normalized spacial score (nSPS) is 46.7. The fourth-order valence-electron chi connectivity index (χ4n) is 3.66. The summed E-state index contributed by atoms with van der Waals surface area (Å²) in [5, 5.41) is 0. The summed E-state index contributed by atoms with van der Waals surface area (Å²) in [6.07, 6.45) is 7.75. The van der Waals surface area contributed by atoms with Gasteiger partial charge in [0, 0.05) is 12.5 Å². The Kier molecular flexibility index (Phi) is 2.01. The van der Waals surface area contributed by atoms with E-state index in [9.17, 15) is 4.79 Å². The van der Waals surface area contributed by atoms with Gasteiger partial charge in [-0.2, -0.15) is 0 Å². The van der Waals surface area contributed by atoms with Crippen LogP contribution in [0.3, 0.4) is 0 Å². The van der Waals surface area contributed by atoms with Crippen molar-refractivity contribution < 1.29 is 4.79 Å². The summed E-state index contributed by atoms with van der Waals surface area (Å²) in [6, 6.07) is 0.426. The van der Waals surface area contributed by atoms with Gasteiger partial charge in [0.2, 0.25) is 5.91 Å². The molecule has 4 rings (SSSR count). The Bertz CT molecular complexity index is 246. The van der Waals surface area contributed by atoms with Gasteiger partial charge in [0.15, 0.2) is 0 Å². The summed E-state index contributed by atoms with van der Waals surface area (Å²) in [5.74, 6) is 2.80. The third kappa shape index (κ3) is 1.34. The highest BCUT2D eigenvalue weighted by Gasteiger charge is 2.41. The molecule has 0 aromatic carbocycles. The number of nitrogens with one attached hydrogen (secondary N) is 2. The van der Waals surface area contributed by atoms with Gasteiger partial charge in [-0.1, -0.05) is 12.8 Å². The molecule has 4 fully saturated rings. The quantitative estimate of drug-likeness (QED) is 0.658. The molecule has 3 saturated carbocycles. The van der Waals surface area contributed by atoms with Crippen LogP contribution in [0.2, 0.25) is 0 Å². The Morgan fingerprint density at radius 1 is 1.14 bits per heavy atom. The van der Waals surface area contributed by atoms with Crippen LogP contribution in [0.15, 0.2) is 0 Å². The van der Waals surface area contributed by atoms with Crippen molar-refractivity contribution in [2.75, 3.05) is 0 Å². The highest BCUT2D eigenvalue weighted by Crippen LogP contribution is 2.46. The van der Waals surface area contributed by atoms with Gasteiger partial charge in [-0.25, -0.2) is 5.43 Å². The summed E-state index contributed by atoms with van der Waals surface area (Å²) in [5.41, 5.74) is 5.90. The van der Waals surface area contributed by atoms with Gasteiger partial charge < -0.3 is 0 Å². The lowest BCUT2D eigenvalue weighted by atomic mass is 9.62. The van der Waals surface area contributed by atoms with Crippen LogP contribution in [0.25, 0.3) is 0 Å². The highest BCUT2D eigenvalue weighted by atomic mass is 16.2. The molecule has 2 atom stereocenters. The van der Waals surface area contributed by atoms with Crippen LogP contribution in [-0.4, -0.2) is 11.9 Å². The van der Waals surface area contributed by atoms with E-state index in [0.29, 0.717) is 12.5 Å². The number of fused-ring (bicyclic) bond motifs is 3. The second-order valence-corrected chi connectivity index (χ2v) is 5.18. The zero-order valence-electron chi connectivity index (χ0n) is 8.46. The smallest absolute Gasteiger partial charge is 0.235 e. The Labute approximate surface area is 84.6 Å². The van der Waals surface area contributed by atoms with Crippen molar-refractivity contribution in [1.82, 2.24) is 10.9 Å². The molecule has 1 saturated heterocycles. The average Bonchev–Trinajstić information content (AvgIpc) is 2.66. The van der Waals surface area contributed by atoms with Gasteiger partial charge in [-0.05, 0) is 37.0 Å². The number of hydrogen-bond donors (Lipinski definition) is 2. The second kappa shape index (κ2) is 3.23. The van der Waals surface area contributed by atoms with Gasteiger partial charge in [-0.3, -0.25) is 10.2 Å². The molecule has 2 N–H and O–H groups in total. The highest BCUT2D eigenvalue weighted by molar-refractivity contribution is 5.78. The van der Waals surface area contributed by atoms with Crippen molar-refractivity contribution in [2.24, 2.45) is 17.8 Å². The first-order chi connectivity index (χ1) is 6.83. The Hall–Kier alpha value is -0.570. The van der Waals surface area contributed by atoms with Gasteiger partial charge in [0.1, 0.15) is 0 Å². The Balaban J connectivity index is 1.70. The van der Waals surface area contributed by atoms with Crippen molar-refractivity contribution in [3.63, 3.8) is 0 Å². The number of amides is 1. The summed E-state index contributed by atoms with van der Waals surface area (Å²) in [6.45, 7) is 0. The molecule has 14 heavy (non-hydrogen) atoms. The van der Waals surface area contributed by atoms with E-state index in [0.717, 1.165) is 17.8 Å². The number of hydrazine groups is 1. The van der Waals surface area contributed by atoms with Crippen LogP contribution < -0.4 is 10.9 Å². The van der Waals surface area contributed by atoms with E-state index in [2.05, 4.69) is 10.9 Å². The summed E-state index contributed by atoms with van der Waals surface area (Å²) in [7, 11) is 0. The predicted octanol–water partition coefficient (Wildman–Crippen LogP) is 1.21. The van der Waals surface area contributed by atoms with Gasteiger partial charge in [0.25, 0.3) is 0 Å². The van der Waals surface area contributed by atoms with Crippen LogP contribution in [0.5, 0.6) is 0 Å². The van der Waals surface area contributed by atoms with Crippen molar-refractivity contribution >= 4 is 5.91 Å². The third-order valence-electron chi connectivity index (χ3n) is 4.42. The molecule has 2 bridgehead atoms. The molecule has 0 aromatic rings. The first-order valence-electron chi connectivity index (χ1n) is 5.87. The van der Waals surface area contributed by atoms with E-state index in [1.807, 2.05) is 0 Å². The number of carbonyl (C=O) groups excluding carboxylic acids is 1. The van der Waals surface area contributed by atoms with E-state index >= 15 is 0 Å². The van der Waals surface area contributed by atoms with Crippen LogP contribution in [-0.2, 0) is 4.79 Å². The van der Waals surface area contributed by atoms with E-state index in [4.69, 9.17) is 0 Å². The van der Waals surface area contributed by atoms with Crippen LogP contribution in [0.4, 0.5) is 0 Å². The van der Waals surface area contributed by atoms with Gasteiger partial charge >= 0.3 is 0 Å². The summed E-state index contributed by atoms with van der Waals surface area (Å²) >= 11 is 0. The van der Waals surface area contributed by atoms with Crippen molar-refractivity contribution in [1.29, 1.82) is 0 Å². The minimum Gasteiger partial charge on any atom is -0.291 e. The maximum Gasteiger partial charge on any atom is 0.235 e. The maximum absolute atomic E-state index is 11.1. The lowest BCUT2D eigenvalue weighted by Gasteiger charge is -2.44. The van der Waals surface area contributed by atoms with Crippen LogP contribution in [0, 0.1) is 17.8 Å². The maximum atomic E-state index is 11.1. The molecule has 3 heteroatoms. The zero-order chi connectivity index (χ0) is 9.54. The minimum absolute atomic E-state index is 0.177. The first kappa shape index (κ1) is 8.72. The Morgan fingerprint density at radius 2 is 1.93 bits per heavy atom. The molecule has 1 amide bonds. The molecule has 0 spiro atoms. The van der Waals surface area contributed by atoms with Crippen LogP contribution >= 0.6 is 0 Å². The molecular formula is C11H18N2O. The van der Waals surface area contributed by atoms with E-state index in [1.54, 1.807) is 0 Å². The number of carbonyl (C=O) groups is 1. The van der Waals surface area contributed by atoms with E-state index in [1.165, 1.54) is 32.1 Å². The van der Waals surface area contributed by atoms with Gasteiger partial charge in [0.05, 0.1) is 0 Å². The fraction of sp³-hybridized carbons (Fsp3) is 0.909. The SMILES string of the molecule is O=C1CC(C2CC3CCC2CC3)NN1. The molecule has 1 aliphatic heterocycles. The van der Waals surface area contributed by atoms with E-state index in [-0.39, 0.29) is 5.91 Å². The predicted molar refractivity (Wildman–Crippen MR) is 53.2 cm³/mol. The first-order valence-corrected chi connectivity index (χ1v) is 5.87. The third-order valence-corrected chi connectivity index (χ3v) is 4.42. The number of hydrogen-bond acceptors (Lipinski definition) is 2. The summed E-state index contributed by atoms with van der Waals surface area (Å²) < 4.78 is 0. The minimum atomic E-state index is 0.177. The van der Waals surface area contributed by atoms with Crippen molar-refractivity contribution in [2.45, 2.75) is 44.6 Å². The Morgan fingerprint density at radius 3 is 2.43 bits per heavy atom.